The first kappa shape index (κ1) is 10.6. The van der Waals surface area contributed by atoms with E-state index in [4.69, 9.17) is 5.11 Å². The minimum absolute atomic E-state index is 0.156. The Morgan fingerprint density at radius 1 is 1.64 bits per heavy atom. The Bertz CT molecular complexity index is 366. The average Bonchev–Trinajstić information content (AvgIpc) is 2.18. The van der Waals surface area contributed by atoms with Crippen LogP contribution in [-0.4, -0.2) is 22.3 Å². The van der Waals surface area contributed by atoms with E-state index in [0.717, 1.165) is 5.03 Å². The summed E-state index contributed by atoms with van der Waals surface area (Å²) in [6.45, 7) is 3.72. The van der Waals surface area contributed by atoms with Crippen molar-refractivity contribution in [1.29, 1.82) is 0 Å². The van der Waals surface area contributed by atoms with Crippen LogP contribution in [-0.2, 0) is 0 Å². The van der Waals surface area contributed by atoms with Gasteiger partial charge in [0.05, 0.1) is 22.5 Å². The van der Waals surface area contributed by atoms with Crippen molar-refractivity contribution in [2.75, 3.05) is 11.6 Å². The molecule has 0 saturated carbocycles. The van der Waals surface area contributed by atoms with E-state index >= 15 is 0 Å². The maximum absolute atomic E-state index is 10.6. The number of nitrogens with zero attached hydrogens (tertiary/aromatic N) is 1. The van der Waals surface area contributed by atoms with Gasteiger partial charge in [0.25, 0.3) is 0 Å². The van der Waals surface area contributed by atoms with E-state index in [1.165, 1.54) is 24.0 Å². The van der Waals surface area contributed by atoms with Gasteiger partial charge in [0.1, 0.15) is 0 Å². The Labute approximate surface area is 86.0 Å². The second-order valence-electron chi connectivity index (χ2n) is 2.52. The van der Waals surface area contributed by atoms with Crippen LogP contribution in [0.15, 0.2) is 30.1 Å². The fourth-order valence-electron chi connectivity index (χ4n) is 0.837. The molecule has 1 aromatic rings. The molecule has 2 N–H and O–H groups in total. The molecule has 5 heteroatoms. The number of pyridine rings is 1. The highest BCUT2D eigenvalue weighted by Gasteiger charge is 2.03. The lowest BCUT2D eigenvalue weighted by molar-refractivity contribution is 0.0696. The highest BCUT2D eigenvalue weighted by molar-refractivity contribution is 8.02. The summed E-state index contributed by atoms with van der Waals surface area (Å²) in [6, 6.07) is 1.51. The number of aromatic nitrogens is 1. The number of carboxylic acids is 1. The predicted octanol–water partition coefficient (Wildman–Crippen LogP) is 2.03. The summed E-state index contributed by atoms with van der Waals surface area (Å²) in [5.41, 5.74) is 0.785. The molecule has 0 fully saturated rings. The van der Waals surface area contributed by atoms with Crippen LogP contribution in [0.25, 0.3) is 0 Å². The highest BCUT2D eigenvalue weighted by Crippen LogP contribution is 2.15. The van der Waals surface area contributed by atoms with E-state index < -0.39 is 5.97 Å². The SMILES string of the molecule is C=C(Nc1cncc(C(=O)O)c1)SC. The second-order valence-corrected chi connectivity index (χ2v) is 3.42. The first-order valence-electron chi connectivity index (χ1n) is 3.81. The smallest absolute Gasteiger partial charge is 0.337 e. The van der Waals surface area contributed by atoms with E-state index in [2.05, 4.69) is 16.9 Å². The predicted molar refractivity (Wildman–Crippen MR) is 57.5 cm³/mol. The van der Waals surface area contributed by atoms with Crippen LogP contribution >= 0.6 is 11.8 Å². The van der Waals surface area contributed by atoms with Crippen LogP contribution in [0.4, 0.5) is 5.69 Å². The Hall–Kier alpha value is -1.49. The average molecular weight is 210 g/mol. The molecule has 74 valence electrons. The standard InChI is InChI=1S/C9H10N2O2S/c1-6(14-2)11-8-3-7(9(12)13)4-10-5-8/h3-5,11H,1H2,2H3,(H,12,13). The summed E-state index contributed by atoms with van der Waals surface area (Å²) in [7, 11) is 0. The van der Waals surface area contributed by atoms with Gasteiger partial charge < -0.3 is 10.4 Å². The lowest BCUT2D eigenvalue weighted by Crippen LogP contribution is -2.00. The first-order valence-corrected chi connectivity index (χ1v) is 5.04. The third-order valence-electron chi connectivity index (χ3n) is 1.52. The number of aromatic carboxylic acids is 1. The van der Waals surface area contributed by atoms with Crippen molar-refractivity contribution in [2.24, 2.45) is 0 Å². The number of carbonyl (C=O) groups is 1. The van der Waals surface area contributed by atoms with Crippen molar-refractivity contribution in [3.63, 3.8) is 0 Å². The Balaban J connectivity index is 2.83. The second kappa shape index (κ2) is 4.66. The maximum Gasteiger partial charge on any atom is 0.337 e. The maximum atomic E-state index is 10.6. The number of hydrogen-bond acceptors (Lipinski definition) is 4. The first-order chi connectivity index (χ1) is 6.63. The third-order valence-corrected chi connectivity index (χ3v) is 2.11. The van der Waals surface area contributed by atoms with Gasteiger partial charge in [-0.05, 0) is 12.3 Å². The summed E-state index contributed by atoms with van der Waals surface area (Å²) in [6.07, 6.45) is 4.73. The van der Waals surface area contributed by atoms with Crippen molar-refractivity contribution < 1.29 is 9.90 Å². The molecule has 1 aromatic heterocycles. The van der Waals surface area contributed by atoms with Gasteiger partial charge in [-0.3, -0.25) is 4.98 Å². The molecule has 0 unspecified atom stereocenters. The molecule has 4 nitrogen and oxygen atoms in total. The monoisotopic (exact) mass is 210 g/mol. The topological polar surface area (TPSA) is 62.2 Å². The summed E-state index contributed by atoms with van der Waals surface area (Å²) in [4.78, 5) is 14.4. The number of anilines is 1. The zero-order valence-electron chi connectivity index (χ0n) is 7.65. The molecule has 0 aliphatic carbocycles. The van der Waals surface area contributed by atoms with Gasteiger partial charge in [0.2, 0.25) is 0 Å². The van der Waals surface area contributed by atoms with Gasteiger partial charge in [0, 0.05) is 6.20 Å². The van der Waals surface area contributed by atoms with Crippen LogP contribution in [0.1, 0.15) is 10.4 Å². The summed E-state index contributed by atoms with van der Waals surface area (Å²) in [5.74, 6) is -0.990. The van der Waals surface area contributed by atoms with Crippen molar-refractivity contribution in [3.05, 3.63) is 35.6 Å². The van der Waals surface area contributed by atoms with Gasteiger partial charge in [0.15, 0.2) is 0 Å². The molecule has 1 rings (SSSR count). The van der Waals surface area contributed by atoms with Crippen LogP contribution in [0, 0.1) is 0 Å². The molecular formula is C9H10N2O2S. The zero-order chi connectivity index (χ0) is 10.6. The van der Waals surface area contributed by atoms with E-state index in [9.17, 15) is 4.79 Å². The molecule has 0 aromatic carbocycles. The molecule has 0 amide bonds. The minimum Gasteiger partial charge on any atom is -0.478 e. The summed E-state index contributed by atoms with van der Waals surface area (Å²) >= 11 is 1.45. The van der Waals surface area contributed by atoms with Gasteiger partial charge in [-0.1, -0.05) is 6.58 Å². The van der Waals surface area contributed by atoms with Gasteiger partial charge in [-0.2, -0.15) is 0 Å². The number of nitrogens with one attached hydrogen (secondary N) is 1. The third kappa shape index (κ3) is 2.77. The van der Waals surface area contributed by atoms with Gasteiger partial charge >= 0.3 is 5.97 Å². The number of carboxylic acid groups (broad SMARTS) is 1. The van der Waals surface area contributed by atoms with Crippen LogP contribution in [0.3, 0.4) is 0 Å². The van der Waals surface area contributed by atoms with Crippen LogP contribution < -0.4 is 5.32 Å². The number of rotatable bonds is 4. The Morgan fingerprint density at radius 3 is 2.93 bits per heavy atom. The molecule has 0 atom stereocenters. The van der Waals surface area contributed by atoms with E-state index in [-0.39, 0.29) is 5.56 Å². The zero-order valence-corrected chi connectivity index (χ0v) is 8.47. The number of hydrogen-bond donors (Lipinski definition) is 2. The summed E-state index contributed by atoms with van der Waals surface area (Å²) in [5, 5.41) is 12.4. The van der Waals surface area contributed by atoms with E-state index in [1.54, 1.807) is 6.20 Å². The molecule has 0 radical (unpaired) electrons. The Morgan fingerprint density at radius 2 is 2.36 bits per heavy atom. The number of thioether (sulfide) groups is 1. The van der Waals surface area contributed by atoms with Gasteiger partial charge in [-0.25, -0.2) is 4.79 Å². The normalized spacial score (nSPS) is 9.50. The molecule has 1 heterocycles. The van der Waals surface area contributed by atoms with Gasteiger partial charge in [-0.15, -0.1) is 11.8 Å². The molecule has 14 heavy (non-hydrogen) atoms. The molecule has 0 saturated heterocycles. The fourth-order valence-corrected chi connectivity index (χ4v) is 1.06. The van der Waals surface area contributed by atoms with Crippen LogP contribution in [0.2, 0.25) is 0 Å². The largest absolute Gasteiger partial charge is 0.478 e. The Kier molecular flexibility index (Phi) is 3.53. The van der Waals surface area contributed by atoms with Crippen molar-refractivity contribution >= 4 is 23.4 Å². The van der Waals surface area contributed by atoms with Crippen molar-refractivity contribution in [2.45, 2.75) is 0 Å². The fraction of sp³-hybridized carbons (Fsp3) is 0.111. The van der Waals surface area contributed by atoms with Crippen molar-refractivity contribution in [3.8, 4) is 0 Å². The lowest BCUT2D eigenvalue weighted by Gasteiger charge is -2.06. The minimum atomic E-state index is -0.990. The summed E-state index contributed by atoms with van der Waals surface area (Å²) < 4.78 is 0. The van der Waals surface area contributed by atoms with E-state index in [0.29, 0.717) is 5.69 Å². The van der Waals surface area contributed by atoms with E-state index in [1.807, 2.05) is 6.26 Å². The molecule has 0 spiro atoms. The molecular weight excluding hydrogens is 200 g/mol. The highest BCUT2D eigenvalue weighted by atomic mass is 32.2. The van der Waals surface area contributed by atoms with Crippen molar-refractivity contribution in [1.82, 2.24) is 4.98 Å². The lowest BCUT2D eigenvalue weighted by atomic mass is 10.3. The molecule has 0 bridgehead atoms. The molecule has 0 aliphatic rings. The molecule has 0 aliphatic heterocycles. The quantitative estimate of drug-likeness (QED) is 0.796. The van der Waals surface area contributed by atoms with Crippen LogP contribution in [0.5, 0.6) is 0 Å².